The van der Waals surface area contributed by atoms with E-state index in [1.807, 2.05) is 13.0 Å². The third kappa shape index (κ3) is 2.80. The monoisotopic (exact) mass is 267 g/mol. The molecule has 0 saturated carbocycles. The van der Waals surface area contributed by atoms with Crippen LogP contribution in [-0.2, 0) is 0 Å². The normalized spacial score (nSPS) is 10.5. The van der Waals surface area contributed by atoms with Gasteiger partial charge in [0.1, 0.15) is 16.2 Å². The zero-order valence-corrected chi connectivity index (χ0v) is 10.8. The predicted molar refractivity (Wildman–Crippen MR) is 64.7 cm³/mol. The van der Waals surface area contributed by atoms with Gasteiger partial charge in [-0.2, -0.15) is 0 Å². The summed E-state index contributed by atoms with van der Waals surface area (Å²) in [4.78, 5) is 23.4. The molecule has 88 valence electrons. The van der Waals surface area contributed by atoms with Gasteiger partial charge in [0.05, 0.1) is 5.69 Å². The molecule has 0 unspecified atom stereocenters. The van der Waals surface area contributed by atoms with Gasteiger partial charge in [-0.1, -0.05) is 11.3 Å². The van der Waals surface area contributed by atoms with Crippen molar-refractivity contribution in [3.8, 4) is 0 Å². The van der Waals surface area contributed by atoms with E-state index in [1.165, 1.54) is 18.1 Å². The average molecular weight is 267 g/mol. The van der Waals surface area contributed by atoms with E-state index in [4.69, 9.17) is 5.11 Å². The molecule has 2 aromatic rings. The Morgan fingerprint density at radius 1 is 1.41 bits per heavy atom. The van der Waals surface area contributed by atoms with Crippen LogP contribution in [0.1, 0.15) is 21.1 Å². The van der Waals surface area contributed by atoms with Gasteiger partial charge in [-0.25, -0.2) is 19.7 Å². The van der Waals surface area contributed by atoms with Crippen LogP contribution in [0.5, 0.6) is 0 Å². The van der Waals surface area contributed by atoms with E-state index >= 15 is 0 Å². The number of aromatic nitrogens is 3. The Morgan fingerprint density at radius 2 is 2.18 bits per heavy atom. The Balaban J connectivity index is 2.25. The van der Waals surface area contributed by atoms with E-state index in [-0.39, 0.29) is 4.88 Å². The summed E-state index contributed by atoms with van der Waals surface area (Å²) in [6.07, 6.45) is 1.48. The van der Waals surface area contributed by atoms with Gasteiger partial charge in [-0.05, 0) is 31.7 Å². The second-order valence-electron chi connectivity index (χ2n) is 3.30. The first-order chi connectivity index (χ1) is 8.06. The van der Waals surface area contributed by atoms with Crippen molar-refractivity contribution in [2.24, 2.45) is 0 Å². The van der Waals surface area contributed by atoms with Crippen LogP contribution in [0.3, 0.4) is 0 Å². The Bertz CT molecular complexity index is 568. The second kappa shape index (κ2) is 4.80. The predicted octanol–water partition coefficient (Wildman–Crippen LogP) is 2.40. The third-order valence-electron chi connectivity index (χ3n) is 1.94. The van der Waals surface area contributed by atoms with Crippen LogP contribution in [0.15, 0.2) is 21.8 Å². The molecule has 2 rings (SSSR count). The molecule has 0 saturated heterocycles. The fourth-order valence-electron chi connectivity index (χ4n) is 1.19. The molecular formula is C10H9N3O2S2. The minimum absolute atomic E-state index is 0.276. The number of carboxylic acid groups (broad SMARTS) is 1. The summed E-state index contributed by atoms with van der Waals surface area (Å²) in [6, 6.07) is 1.84. The molecule has 2 heterocycles. The number of hydrogen-bond acceptors (Lipinski definition) is 6. The molecule has 0 radical (unpaired) electrons. The number of rotatable bonds is 3. The first-order valence-electron chi connectivity index (χ1n) is 4.73. The second-order valence-corrected chi connectivity index (χ2v) is 5.57. The molecule has 0 aromatic carbocycles. The smallest absolute Gasteiger partial charge is 0.347 e. The Morgan fingerprint density at radius 3 is 2.76 bits per heavy atom. The fourth-order valence-corrected chi connectivity index (χ4v) is 3.19. The summed E-state index contributed by atoms with van der Waals surface area (Å²) in [5.74, 6) is -0.939. The summed E-state index contributed by atoms with van der Waals surface area (Å²) >= 11 is 2.51. The van der Waals surface area contributed by atoms with E-state index in [9.17, 15) is 4.79 Å². The van der Waals surface area contributed by atoms with Crippen molar-refractivity contribution in [1.82, 2.24) is 15.0 Å². The number of nitrogens with zero attached hydrogens (tertiary/aromatic N) is 3. The number of carbonyl (C=O) groups is 1. The van der Waals surface area contributed by atoms with Crippen LogP contribution in [-0.4, -0.2) is 26.0 Å². The van der Waals surface area contributed by atoms with Crippen LogP contribution >= 0.6 is 23.1 Å². The number of thiazole rings is 1. The highest BCUT2D eigenvalue weighted by Crippen LogP contribution is 2.31. The molecule has 0 aliphatic heterocycles. The van der Waals surface area contributed by atoms with Gasteiger partial charge in [-0.3, -0.25) is 0 Å². The Kier molecular flexibility index (Phi) is 3.39. The first-order valence-corrected chi connectivity index (χ1v) is 6.37. The van der Waals surface area contributed by atoms with Gasteiger partial charge in [0.15, 0.2) is 4.34 Å². The van der Waals surface area contributed by atoms with E-state index in [0.29, 0.717) is 10.0 Å². The van der Waals surface area contributed by atoms with Crippen LogP contribution in [0.25, 0.3) is 0 Å². The van der Waals surface area contributed by atoms with E-state index in [2.05, 4.69) is 15.0 Å². The largest absolute Gasteiger partial charge is 0.477 e. The van der Waals surface area contributed by atoms with Crippen molar-refractivity contribution in [3.63, 3.8) is 0 Å². The lowest BCUT2D eigenvalue weighted by Gasteiger charge is -1.96. The highest BCUT2D eigenvalue weighted by Gasteiger charge is 2.14. The maximum absolute atomic E-state index is 10.9. The minimum Gasteiger partial charge on any atom is -0.477 e. The first kappa shape index (κ1) is 12.0. The third-order valence-corrected chi connectivity index (χ3v) is 4.08. The number of aryl methyl sites for hydroxylation is 2. The van der Waals surface area contributed by atoms with Crippen LogP contribution < -0.4 is 0 Å². The molecule has 0 amide bonds. The van der Waals surface area contributed by atoms with Gasteiger partial charge in [0.2, 0.25) is 0 Å². The van der Waals surface area contributed by atoms with Crippen molar-refractivity contribution in [3.05, 3.63) is 28.7 Å². The lowest BCUT2D eigenvalue weighted by Crippen LogP contribution is -1.94. The molecule has 0 bridgehead atoms. The zero-order chi connectivity index (χ0) is 12.4. The molecule has 0 aliphatic rings. The summed E-state index contributed by atoms with van der Waals surface area (Å²) < 4.78 is 0.679. The molecule has 5 nitrogen and oxygen atoms in total. The lowest BCUT2D eigenvalue weighted by molar-refractivity contribution is 0.0701. The number of carboxylic acids is 1. The van der Waals surface area contributed by atoms with Gasteiger partial charge in [0, 0.05) is 5.69 Å². The summed E-state index contributed by atoms with van der Waals surface area (Å²) in [5, 5.41) is 9.69. The Labute approximate surface area is 106 Å². The topological polar surface area (TPSA) is 76.0 Å². The van der Waals surface area contributed by atoms with E-state index in [0.717, 1.165) is 22.1 Å². The van der Waals surface area contributed by atoms with Gasteiger partial charge in [-0.15, -0.1) is 0 Å². The molecule has 17 heavy (non-hydrogen) atoms. The van der Waals surface area contributed by atoms with Gasteiger partial charge >= 0.3 is 5.97 Å². The average Bonchev–Trinajstić information content (AvgIpc) is 2.59. The summed E-state index contributed by atoms with van der Waals surface area (Å²) in [6.45, 7) is 3.57. The highest BCUT2D eigenvalue weighted by molar-refractivity contribution is 8.01. The van der Waals surface area contributed by atoms with Crippen LogP contribution in [0, 0.1) is 13.8 Å². The van der Waals surface area contributed by atoms with Crippen molar-refractivity contribution in [2.45, 2.75) is 23.2 Å². The van der Waals surface area contributed by atoms with Crippen molar-refractivity contribution >= 4 is 29.1 Å². The molecule has 2 aromatic heterocycles. The summed E-state index contributed by atoms with van der Waals surface area (Å²) in [5.41, 5.74) is 1.41. The lowest BCUT2D eigenvalue weighted by atomic mass is 10.4. The minimum atomic E-state index is -0.939. The Hall–Kier alpha value is -1.47. The summed E-state index contributed by atoms with van der Waals surface area (Å²) in [7, 11) is 0. The molecular weight excluding hydrogens is 258 g/mol. The van der Waals surface area contributed by atoms with Gasteiger partial charge in [0.25, 0.3) is 0 Å². The number of hydrogen-bond donors (Lipinski definition) is 1. The van der Waals surface area contributed by atoms with Crippen molar-refractivity contribution < 1.29 is 9.90 Å². The maximum Gasteiger partial charge on any atom is 0.347 e. The van der Waals surface area contributed by atoms with Crippen LogP contribution in [0.2, 0.25) is 0 Å². The molecule has 0 aliphatic carbocycles. The number of aromatic carboxylic acids is 1. The van der Waals surface area contributed by atoms with Crippen molar-refractivity contribution in [2.75, 3.05) is 0 Å². The molecule has 0 atom stereocenters. The fraction of sp³-hybridized carbons (Fsp3) is 0.200. The van der Waals surface area contributed by atoms with Crippen molar-refractivity contribution in [1.29, 1.82) is 0 Å². The van der Waals surface area contributed by atoms with E-state index in [1.54, 1.807) is 6.92 Å². The molecule has 1 N–H and O–H groups in total. The maximum atomic E-state index is 10.9. The molecule has 7 heteroatoms. The standard InChI is InChI=1S/C10H9N3O2S2/c1-5-3-7(12-4-11-5)16-10-13-6(2)8(17-10)9(14)15/h3-4H,1-2H3,(H,14,15). The SMILES string of the molecule is Cc1cc(Sc2nc(C)c(C(=O)O)s2)ncn1. The van der Waals surface area contributed by atoms with Gasteiger partial charge < -0.3 is 5.11 Å². The highest BCUT2D eigenvalue weighted by atomic mass is 32.2. The molecule has 0 fully saturated rings. The quantitative estimate of drug-likeness (QED) is 0.860. The zero-order valence-electron chi connectivity index (χ0n) is 9.17. The molecule has 0 spiro atoms. The van der Waals surface area contributed by atoms with E-state index < -0.39 is 5.97 Å². The van der Waals surface area contributed by atoms with Crippen LogP contribution in [0.4, 0.5) is 0 Å².